The van der Waals surface area contributed by atoms with E-state index in [9.17, 15) is 0 Å². The van der Waals surface area contributed by atoms with Crippen molar-refractivity contribution < 1.29 is 0 Å². The summed E-state index contributed by atoms with van der Waals surface area (Å²) in [5.41, 5.74) is 1.04. The van der Waals surface area contributed by atoms with Crippen LogP contribution in [0.2, 0.25) is 0 Å². The van der Waals surface area contributed by atoms with Crippen LogP contribution in [0.15, 0.2) is 48.8 Å². The molecule has 0 bridgehead atoms. The molecule has 3 heteroatoms. The Morgan fingerprint density at radius 3 is 2.76 bits per heavy atom. The lowest BCUT2D eigenvalue weighted by molar-refractivity contribution is 1.42. The van der Waals surface area contributed by atoms with Gasteiger partial charge in [0.25, 0.3) is 0 Å². The monoisotopic (exact) mass is 236 g/mol. The van der Waals surface area contributed by atoms with Crippen molar-refractivity contribution in [2.24, 2.45) is 0 Å². The molecule has 80 valence electrons. The lowest BCUT2D eigenvalue weighted by atomic mass is 10.1. The molecule has 0 saturated heterocycles. The topological polar surface area (TPSA) is 25.8 Å². The molecule has 3 heterocycles. The molecule has 17 heavy (non-hydrogen) atoms. The first-order valence-corrected chi connectivity index (χ1v) is 6.25. The van der Waals surface area contributed by atoms with Gasteiger partial charge in [0.1, 0.15) is 4.83 Å². The number of hydrogen-bond acceptors (Lipinski definition) is 3. The number of rotatable bonds is 0. The largest absolute Gasteiger partial charge is 0.256 e. The maximum atomic E-state index is 4.41. The van der Waals surface area contributed by atoms with Crippen LogP contribution in [0, 0.1) is 0 Å². The van der Waals surface area contributed by atoms with Gasteiger partial charge in [-0.1, -0.05) is 6.07 Å². The smallest absolute Gasteiger partial charge is 0.124 e. The van der Waals surface area contributed by atoms with Crippen LogP contribution >= 0.6 is 11.3 Å². The van der Waals surface area contributed by atoms with Crippen molar-refractivity contribution in [1.29, 1.82) is 0 Å². The Morgan fingerprint density at radius 2 is 1.76 bits per heavy atom. The van der Waals surface area contributed by atoms with Gasteiger partial charge in [0, 0.05) is 33.3 Å². The van der Waals surface area contributed by atoms with Crippen LogP contribution in [0.25, 0.3) is 31.2 Å². The van der Waals surface area contributed by atoms with Gasteiger partial charge in [-0.05, 0) is 30.3 Å². The first kappa shape index (κ1) is 9.07. The van der Waals surface area contributed by atoms with E-state index in [1.807, 2.05) is 24.5 Å². The molecule has 0 fully saturated rings. The third-order valence-electron chi connectivity index (χ3n) is 2.97. The molecule has 1 aromatic carbocycles. The van der Waals surface area contributed by atoms with Crippen LogP contribution in [0.4, 0.5) is 0 Å². The predicted molar refractivity (Wildman–Crippen MR) is 72.4 cm³/mol. The second-order valence-electron chi connectivity index (χ2n) is 4.00. The highest BCUT2D eigenvalue weighted by molar-refractivity contribution is 7.25. The average Bonchev–Trinajstić information content (AvgIpc) is 2.73. The Morgan fingerprint density at radius 1 is 0.882 bits per heavy atom. The Hall–Kier alpha value is -2.00. The molecule has 0 aliphatic carbocycles. The maximum Gasteiger partial charge on any atom is 0.124 e. The van der Waals surface area contributed by atoms with Crippen molar-refractivity contribution in [2.75, 3.05) is 0 Å². The van der Waals surface area contributed by atoms with Crippen molar-refractivity contribution >= 4 is 42.5 Å². The number of thiophene rings is 1. The summed E-state index contributed by atoms with van der Waals surface area (Å²) in [7, 11) is 0. The molecule has 4 aromatic rings. The minimum atomic E-state index is 1.04. The SMILES string of the molecule is c1cnc2cc3c(cc2c1)sc1ncccc13. The van der Waals surface area contributed by atoms with Gasteiger partial charge < -0.3 is 0 Å². The summed E-state index contributed by atoms with van der Waals surface area (Å²) in [4.78, 5) is 9.90. The van der Waals surface area contributed by atoms with Crippen molar-refractivity contribution in [2.45, 2.75) is 0 Å². The third-order valence-corrected chi connectivity index (χ3v) is 4.05. The number of nitrogens with zero attached hydrogens (tertiary/aromatic N) is 2. The first-order chi connectivity index (χ1) is 8.42. The van der Waals surface area contributed by atoms with Gasteiger partial charge in [0.15, 0.2) is 0 Å². The van der Waals surface area contributed by atoms with Crippen molar-refractivity contribution in [3.8, 4) is 0 Å². The second kappa shape index (κ2) is 3.25. The van der Waals surface area contributed by atoms with Gasteiger partial charge >= 0.3 is 0 Å². The van der Waals surface area contributed by atoms with Crippen LogP contribution in [0.3, 0.4) is 0 Å². The number of fused-ring (bicyclic) bond motifs is 4. The van der Waals surface area contributed by atoms with Gasteiger partial charge in [-0.25, -0.2) is 4.98 Å². The summed E-state index contributed by atoms with van der Waals surface area (Å²) in [5.74, 6) is 0. The second-order valence-corrected chi connectivity index (χ2v) is 5.03. The number of pyridine rings is 2. The molecule has 0 aliphatic heterocycles. The molecular weight excluding hydrogens is 228 g/mol. The minimum Gasteiger partial charge on any atom is -0.256 e. The van der Waals surface area contributed by atoms with Crippen LogP contribution in [-0.2, 0) is 0 Å². The van der Waals surface area contributed by atoms with Gasteiger partial charge in [-0.3, -0.25) is 4.98 Å². The zero-order valence-electron chi connectivity index (χ0n) is 8.92. The highest BCUT2D eigenvalue weighted by Gasteiger charge is 2.06. The molecule has 4 rings (SSSR count). The van der Waals surface area contributed by atoms with Gasteiger partial charge in [-0.2, -0.15) is 0 Å². The molecule has 0 N–H and O–H groups in total. The van der Waals surface area contributed by atoms with E-state index in [-0.39, 0.29) is 0 Å². The molecule has 0 spiro atoms. The summed E-state index contributed by atoms with van der Waals surface area (Å²) < 4.78 is 1.28. The lowest BCUT2D eigenvalue weighted by Gasteiger charge is -1.96. The predicted octanol–water partition coefficient (Wildman–Crippen LogP) is 4.00. The lowest BCUT2D eigenvalue weighted by Crippen LogP contribution is -1.76. The van der Waals surface area contributed by atoms with E-state index in [1.165, 1.54) is 20.9 Å². The number of aromatic nitrogens is 2. The molecule has 3 aromatic heterocycles. The normalized spacial score (nSPS) is 11.5. The summed E-state index contributed by atoms with van der Waals surface area (Å²) >= 11 is 1.74. The van der Waals surface area contributed by atoms with Gasteiger partial charge in [0.05, 0.1) is 5.52 Å². The molecule has 0 radical (unpaired) electrons. The molecule has 2 nitrogen and oxygen atoms in total. The van der Waals surface area contributed by atoms with E-state index >= 15 is 0 Å². The number of hydrogen-bond donors (Lipinski definition) is 0. The standard InChI is InChI=1S/C14H8N2S/c1-3-9-7-13-11(8-12(9)15-5-1)10-4-2-6-16-14(10)17-13/h1-8H. The Labute approximate surface area is 102 Å². The molecule has 0 saturated carbocycles. The van der Waals surface area contributed by atoms with E-state index in [0.29, 0.717) is 0 Å². The number of benzene rings is 1. The van der Waals surface area contributed by atoms with Crippen molar-refractivity contribution in [3.63, 3.8) is 0 Å². The van der Waals surface area contributed by atoms with Crippen molar-refractivity contribution in [3.05, 3.63) is 48.8 Å². The van der Waals surface area contributed by atoms with E-state index in [4.69, 9.17) is 0 Å². The third kappa shape index (κ3) is 1.26. The van der Waals surface area contributed by atoms with Crippen LogP contribution < -0.4 is 0 Å². The van der Waals surface area contributed by atoms with Gasteiger partial charge in [0.2, 0.25) is 0 Å². The molecule has 0 amide bonds. The summed E-state index contributed by atoms with van der Waals surface area (Å²) in [6.45, 7) is 0. The Kier molecular flexibility index (Phi) is 1.73. The zero-order chi connectivity index (χ0) is 11.2. The minimum absolute atomic E-state index is 1.04. The molecule has 0 unspecified atom stereocenters. The van der Waals surface area contributed by atoms with E-state index in [2.05, 4.69) is 34.2 Å². The van der Waals surface area contributed by atoms with Crippen LogP contribution in [-0.4, -0.2) is 9.97 Å². The molecule has 0 atom stereocenters. The molecular formula is C14H8N2S. The quantitative estimate of drug-likeness (QED) is 0.461. The Balaban J connectivity index is 2.28. The van der Waals surface area contributed by atoms with Gasteiger partial charge in [-0.15, -0.1) is 11.3 Å². The fourth-order valence-electron chi connectivity index (χ4n) is 2.18. The van der Waals surface area contributed by atoms with E-state index in [0.717, 1.165) is 10.3 Å². The Bertz CT molecular complexity index is 842. The maximum absolute atomic E-state index is 4.41. The fourth-order valence-corrected chi connectivity index (χ4v) is 3.25. The average molecular weight is 236 g/mol. The van der Waals surface area contributed by atoms with E-state index in [1.54, 1.807) is 11.3 Å². The summed E-state index contributed by atoms with van der Waals surface area (Å²) in [6, 6.07) is 12.5. The molecule has 0 aliphatic rings. The van der Waals surface area contributed by atoms with E-state index < -0.39 is 0 Å². The highest BCUT2D eigenvalue weighted by atomic mass is 32.1. The first-order valence-electron chi connectivity index (χ1n) is 5.44. The zero-order valence-corrected chi connectivity index (χ0v) is 9.74. The highest BCUT2D eigenvalue weighted by Crippen LogP contribution is 2.34. The fraction of sp³-hybridized carbons (Fsp3) is 0. The van der Waals surface area contributed by atoms with Crippen molar-refractivity contribution in [1.82, 2.24) is 9.97 Å². The van der Waals surface area contributed by atoms with Crippen LogP contribution in [0.1, 0.15) is 0 Å². The summed E-state index contributed by atoms with van der Waals surface area (Å²) in [6.07, 6.45) is 3.68. The van der Waals surface area contributed by atoms with Crippen LogP contribution in [0.5, 0.6) is 0 Å². The summed E-state index contributed by atoms with van der Waals surface area (Å²) in [5, 5.41) is 3.66.